The van der Waals surface area contributed by atoms with Crippen molar-refractivity contribution < 1.29 is 14.3 Å². The number of anilines is 1. The van der Waals surface area contributed by atoms with Crippen LogP contribution in [0.2, 0.25) is 0 Å². The Labute approximate surface area is 226 Å². The molecule has 0 bridgehead atoms. The summed E-state index contributed by atoms with van der Waals surface area (Å²) in [6.45, 7) is 2.50. The number of nitrogens with zero attached hydrogens (tertiary/aromatic N) is 2. The van der Waals surface area contributed by atoms with E-state index in [4.69, 9.17) is 4.74 Å². The average Bonchev–Trinajstić information content (AvgIpc) is 2.94. The molecule has 0 aliphatic heterocycles. The lowest BCUT2D eigenvalue weighted by molar-refractivity contribution is -0.120. The highest BCUT2D eigenvalue weighted by molar-refractivity contribution is 5.93. The molecule has 202 valence electrons. The lowest BCUT2D eigenvalue weighted by Gasteiger charge is -2.27. The van der Waals surface area contributed by atoms with Gasteiger partial charge in [0.05, 0.1) is 20.2 Å². The van der Waals surface area contributed by atoms with E-state index >= 15 is 0 Å². The summed E-state index contributed by atoms with van der Waals surface area (Å²) in [6, 6.07) is 27.5. The first-order valence-electron chi connectivity index (χ1n) is 13.1. The van der Waals surface area contributed by atoms with Crippen LogP contribution in [-0.2, 0) is 4.79 Å². The number of rotatable bonds is 15. The number of nitrogens with one attached hydrogen (secondary N) is 2. The predicted octanol–water partition coefficient (Wildman–Crippen LogP) is 4.86. The lowest BCUT2D eigenvalue weighted by atomic mass is 9.88. The van der Waals surface area contributed by atoms with E-state index in [9.17, 15) is 9.59 Å². The molecule has 0 heterocycles. The third-order valence-corrected chi connectivity index (χ3v) is 6.50. The lowest BCUT2D eigenvalue weighted by Crippen LogP contribution is -2.42. The first-order chi connectivity index (χ1) is 18.5. The van der Waals surface area contributed by atoms with Gasteiger partial charge in [-0.25, -0.2) is 4.79 Å². The largest absolute Gasteiger partial charge is 0.497 e. The fourth-order valence-electron chi connectivity index (χ4n) is 4.48. The summed E-state index contributed by atoms with van der Waals surface area (Å²) in [5, 5.41) is 6.08. The molecule has 38 heavy (non-hydrogen) atoms. The Morgan fingerprint density at radius 2 is 1.45 bits per heavy atom. The van der Waals surface area contributed by atoms with Gasteiger partial charge in [0, 0.05) is 18.2 Å². The first kappa shape index (κ1) is 28.9. The minimum absolute atomic E-state index is 0.0119. The molecule has 3 rings (SSSR count). The topological polar surface area (TPSA) is 73.9 Å². The molecule has 0 aliphatic rings. The van der Waals surface area contributed by atoms with Crippen molar-refractivity contribution in [2.75, 3.05) is 59.2 Å². The van der Waals surface area contributed by atoms with Crippen molar-refractivity contribution in [1.29, 1.82) is 0 Å². The molecule has 3 aromatic carbocycles. The van der Waals surface area contributed by atoms with Gasteiger partial charge >= 0.3 is 6.03 Å². The zero-order valence-electron chi connectivity index (χ0n) is 22.7. The van der Waals surface area contributed by atoms with E-state index in [2.05, 4.69) is 34.9 Å². The molecular weight excluding hydrogens is 476 g/mol. The highest BCUT2D eigenvalue weighted by Crippen LogP contribution is 2.28. The van der Waals surface area contributed by atoms with Gasteiger partial charge < -0.3 is 20.3 Å². The monoisotopic (exact) mass is 516 g/mol. The normalized spacial score (nSPS) is 11.0. The summed E-state index contributed by atoms with van der Waals surface area (Å²) >= 11 is 0. The number of carbonyl (C=O) groups excluding carboxylic acids is 2. The number of amides is 2. The molecule has 2 N–H and O–H groups in total. The van der Waals surface area contributed by atoms with Crippen LogP contribution in [0.3, 0.4) is 0 Å². The number of urea groups is 1. The van der Waals surface area contributed by atoms with Crippen molar-refractivity contribution in [3.63, 3.8) is 0 Å². The number of Topliss-reactive ketones (excluding diaryl/α,β-unsaturated/α-hetero) is 1. The maximum absolute atomic E-state index is 13.4. The molecule has 0 atom stereocenters. The summed E-state index contributed by atoms with van der Waals surface area (Å²) in [4.78, 5) is 30.1. The van der Waals surface area contributed by atoms with Crippen LogP contribution in [0.5, 0.6) is 5.75 Å². The quantitative estimate of drug-likeness (QED) is 0.282. The van der Waals surface area contributed by atoms with Crippen LogP contribution in [0, 0.1) is 0 Å². The average molecular weight is 517 g/mol. The summed E-state index contributed by atoms with van der Waals surface area (Å²) in [5.41, 5.74) is 3.02. The Morgan fingerprint density at radius 1 is 0.842 bits per heavy atom. The highest BCUT2D eigenvalue weighted by Gasteiger charge is 2.22. The first-order valence-corrected chi connectivity index (χ1v) is 13.1. The summed E-state index contributed by atoms with van der Waals surface area (Å²) in [5.74, 6) is 0.829. The summed E-state index contributed by atoms with van der Waals surface area (Å²) in [6.07, 6.45) is 1.65. The van der Waals surface area contributed by atoms with Gasteiger partial charge in [0.15, 0.2) is 5.78 Å². The molecule has 0 saturated heterocycles. The SMILES string of the molecule is CNCCCN(C)CC(=O)CN(CCC(c1ccccc1)c1ccccc1)C(=O)Nc1ccc(OC)cc1. The molecule has 0 saturated carbocycles. The van der Waals surface area contributed by atoms with Gasteiger partial charge in [-0.05, 0) is 75.4 Å². The van der Waals surface area contributed by atoms with Crippen LogP contribution in [-0.4, -0.2) is 75.5 Å². The second kappa shape index (κ2) is 15.5. The second-order valence-corrected chi connectivity index (χ2v) is 9.48. The van der Waals surface area contributed by atoms with Crippen molar-refractivity contribution in [3.8, 4) is 5.75 Å². The Hall–Kier alpha value is -3.68. The van der Waals surface area contributed by atoms with E-state index in [0.29, 0.717) is 30.9 Å². The van der Waals surface area contributed by atoms with E-state index in [1.54, 1.807) is 36.3 Å². The van der Waals surface area contributed by atoms with Gasteiger partial charge in [-0.2, -0.15) is 0 Å². The third-order valence-electron chi connectivity index (χ3n) is 6.50. The van der Waals surface area contributed by atoms with Crippen LogP contribution in [0.1, 0.15) is 29.9 Å². The van der Waals surface area contributed by atoms with Gasteiger partial charge in [0.1, 0.15) is 5.75 Å². The van der Waals surface area contributed by atoms with Crippen molar-refractivity contribution in [2.24, 2.45) is 0 Å². The molecule has 0 unspecified atom stereocenters. The fourth-order valence-corrected chi connectivity index (χ4v) is 4.48. The standard InChI is InChI=1S/C31H40N4O3/c1-32-20-10-21-34(2)23-28(36)24-35(31(37)33-27-15-17-29(38-3)18-16-27)22-19-30(25-11-6-4-7-12-25)26-13-8-5-9-14-26/h4-9,11-18,30,32H,10,19-24H2,1-3H3,(H,33,37). The Morgan fingerprint density at radius 3 is 2.00 bits per heavy atom. The van der Waals surface area contributed by atoms with Crippen molar-refractivity contribution in [2.45, 2.75) is 18.8 Å². The zero-order valence-corrected chi connectivity index (χ0v) is 22.7. The molecule has 0 spiro atoms. The number of hydrogen-bond acceptors (Lipinski definition) is 5. The molecule has 0 aromatic heterocycles. The summed E-state index contributed by atoms with van der Waals surface area (Å²) < 4.78 is 5.22. The number of carbonyl (C=O) groups is 2. The van der Waals surface area contributed by atoms with Gasteiger partial charge in [0.25, 0.3) is 0 Å². The maximum atomic E-state index is 13.4. The number of benzene rings is 3. The molecule has 3 aromatic rings. The number of hydrogen-bond donors (Lipinski definition) is 2. The van der Waals surface area contributed by atoms with Gasteiger partial charge in [0.2, 0.25) is 0 Å². The maximum Gasteiger partial charge on any atom is 0.322 e. The fraction of sp³-hybridized carbons (Fsp3) is 0.355. The van der Waals surface area contributed by atoms with Crippen LogP contribution in [0.4, 0.5) is 10.5 Å². The van der Waals surface area contributed by atoms with E-state index in [-0.39, 0.29) is 24.3 Å². The van der Waals surface area contributed by atoms with Crippen LogP contribution < -0.4 is 15.4 Å². The molecule has 0 fully saturated rings. The van der Waals surface area contributed by atoms with Gasteiger partial charge in [-0.15, -0.1) is 0 Å². The van der Waals surface area contributed by atoms with Gasteiger partial charge in [-0.1, -0.05) is 60.7 Å². The summed E-state index contributed by atoms with van der Waals surface area (Å²) in [7, 11) is 5.46. The molecule has 7 nitrogen and oxygen atoms in total. The van der Waals surface area contributed by atoms with E-state index < -0.39 is 0 Å². The molecular formula is C31H40N4O3. The highest BCUT2D eigenvalue weighted by atomic mass is 16.5. The Kier molecular flexibility index (Phi) is 11.8. The number of ether oxygens (including phenoxy) is 1. The van der Waals surface area contributed by atoms with Gasteiger partial charge in [-0.3, -0.25) is 9.69 Å². The van der Waals surface area contributed by atoms with Crippen LogP contribution in [0.15, 0.2) is 84.9 Å². The Balaban J connectivity index is 1.74. The van der Waals surface area contributed by atoms with E-state index in [1.807, 2.05) is 55.4 Å². The molecule has 0 aliphatic carbocycles. The van der Waals surface area contributed by atoms with Crippen LogP contribution in [0.25, 0.3) is 0 Å². The van der Waals surface area contributed by atoms with E-state index in [1.165, 1.54) is 11.1 Å². The third kappa shape index (κ3) is 9.32. The minimum Gasteiger partial charge on any atom is -0.497 e. The molecule has 7 heteroatoms. The van der Waals surface area contributed by atoms with Crippen LogP contribution >= 0.6 is 0 Å². The van der Waals surface area contributed by atoms with Crippen molar-refractivity contribution in [1.82, 2.24) is 15.1 Å². The number of likely N-dealkylation sites (N-methyl/N-ethyl adjacent to an activating group) is 1. The minimum atomic E-state index is -0.291. The molecule has 0 radical (unpaired) electrons. The number of ketones is 1. The number of methoxy groups -OCH3 is 1. The smallest absolute Gasteiger partial charge is 0.322 e. The molecule has 2 amide bonds. The van der Waals surface area contributed by atoms with Crippen molar-refractivity contribution in [3.05, 3.63) is 96.1 Å². The van der Waals surface area contributed by atoms with Crippen molar-refractivity contribution >= 4 is 17.5 Å². The predicted molar refractivity (Wildman–Crippen MR) is 154 cm³/mol. The van der Waals surface area contributed by atoms with E-state index in [0.717, 1.165) is 19.5 Å². The Bertz CT molecular complexity index is 1070. The zero-order chi connectivity index (χ0) is 27.2. The second-order valence-electron chi connectivity index (χ2n) is 9.48.